The van der Waals surface area contributed by atoms with Gasteiger partial charge in [-0.25, -0.2) is 0 Å². The number of aliphatic hydroxyl groups is 1. The molecule has 1 unspecified atom stereocenters. The van der Waals surface area contributed by atoms with E-state index in [1.165, 1.54) is 0 Å². The zero-order chi connectivity index (χ0) is 15.7. The molecule has 0 bridgehead atoms. The Labute approximate surface area is 127 Å². The van der Waals surface area contributed by atoms with Crippen LogP contribution in [0.25, 0.3) is 10.9 Å². The monoisotopic (exact) mass is 302 g/mol. The van der Waals surface area contributed by atoms with Crippen molar-refractivity contribution in [3.05, 3.63) is 24.3 Å². The number of aromatic amines is 1. The zero-order valence-electron chi connectivity index (χ0n) is 12.2. The molecule has 0 spiro atoms. The first-order valence-corrected chi connectivity index (χ1v) is 7.25. The van der Waals surface area contributed by atoms with Gasteiger partial charge >= 0.3 is 0 Å². The van der Waals surface area contributed by atoms with Gasteiger partial charge in [0.15, 0.2) is 5.82 Å². The Hall–Kier alpha value is -2.41. The van der Waals surface area contributed by atoms with E-state index in [4.69, 9.17) is 5.11 Å². The molecule has 2 atom stereocenters. The van der Waals surface area contributed by atoms with Crippen LogP contribution in [0.15, 0.2) is 24.3 Å². The highest BCUT2D eigenvalue weighted by Gasteiger charge is 2.37. The molecule has 1 aliphatic heterocycles. The Kier molecular flexibility index (Phi) is 3.81. The van der Waals surface area contributed by atoms with E-state index >= 15 is 0 Å². The molecule has 0 saturated carbocycles. The van der Waals surface area contributed by atoms with Crippen LogP contribution in [0.2, 0.25) is 0 Å². The van der Waals surface area contributed by atoms with Crippen LogP contribution in [-0.4, -0.2) is 46.3 Å². The quantitative estimate of drug-likeness (QED) is 0.762. The minimum Gasteiger partial charge on any atom is -0.394 e. The number of anilines is 1. The Morgan fingerprint density at radius 2 is 2.32 bits per heavy atom. The second-order valence-electron chi connectivity index (χ2n) is 5.59. The molecule has 2 heterocycles. The minimum atomic E-state index is -0.419. The standard InChI is InChI=1S/C15H18N4O3/c1-9(8-20)16-15(22)10-6-13(21)19(7-10)14-11-4-2-3-5-12(11)17-18-14/h2-5,9-10,20H,6-8H2,1H3,(H,16,22)(H,17,18)/t9-,10?/m0/s1. The number of benzene rings is 1. The molecule has 1 aromatic heterocycles. The Bertz CT molecular complexity index is 712. The van der Waals surface area contributed by atoms with Crippen molar-refractivity contribution < 1.29 is 14.7 Å². The summed E-state index contributed by atoms with van der Waals surface area (Å²) in [5.74, 6) is -0.186. The van der Waals surface area contributed by atoms with Crippen LogP contribution in [-0.2, 0) is 9.59 Å². The molecule has 7 nitrogen and oxygen atoms in total. The van der Waals surface area contributed by atoms with Gasteiger partial charge in [-0.15, -0.1) is 0 Å². The van der Waals surface area contributed by atoms with Crippen LogP contribution < -0.4 is 10.2 Å². The molecule has 2 amide bonds. The number of hydrogen-bond donors (Lipinski definition) is 3. The Morgan fingerprint density at radius 3 is 3.09 bits per heavy atom. The molecule has 7 heteroatoms. The fourth-order valence-electron chi connectivity index (χ4n) is 2.65. The van der Waals surface area contributed by atoms with Crippen molar-refractivity contribution in [2.24, 2.45) is 5.92 Å². The van der Waals surface area contributed by atoms with E-state index in [1.54, 1.807) is 11.8 Å². The summed E-state index contributed by atoms with van der Waals surface area (Å²) >= 11 is 0. The number of hydrogen-bond acceptors (Lipinski definition) is 4. The molecule has 1 fully saturated rings. The van der Waals surface area contributed by atoms with Gasteiger partial charge in [-0.3, -0.25) is 19.6 Å². The molecule has 22 heavy (non-hydrogen) atoms. The summed E-state index contributed by atoms with van der Waals surface area (Å²) < 4.78 is 0. The van der Waals surface area contributed by atoms with Crippen molar-refractivity contribution in [2.75, 3.05) is 18.1 Å². The lowest BCUT2D eigenvalue weighted by Crippen LogP contribution is -2.40. The summed E-state index contributed by atoms with van der Waals surface area (Å²) in [6.45, 7) is 1.89. The molecular weight excluding hydrogens is 284 g/mol. The summed E-state index contributed by atoms with van der Waals surface area (Å²) in [6, 6.07) is 7.24. The second-order valence-corrected chi connectivity index (χ2v) is 5.59. The van der Waals surface area contributed by atoms with Gasteiger partial charge in [0.05, 0.1) is 18.0 Å². The minimum absolute atomic E-state index is 0.117. The fraction of sp³-hybridized carbons (Fsp3) is 0.400. The normalized spacial score (nSPS) is 19.6. The third kappa shape index (κ3) is 2.55. The highest BCUT2D eigenvalue weighted by Crippen LogP contribution is 2.29. The summed E-state index contributed by atoms with van der Waals surface area (Å²) in [6.07, 6.45) is 0.158. The topological polar surface area (TPSA) is 98.3 Å². The fourth-order valence-corrected chi connectivity index (χ4v) is 2.65. The molecule has 3 rings (SSSR count). The van der Waals surface area contributed by atoms with Gasteiger partial charge in [-0.1, -0.05) is 12.1 Å². The van der Waals surface area contributed by atoms with Gasteiger partial charge < -0.3 is 10.4 Å². The lowest BCUT2D eigenvalue weighted by molar-refractivity contribution is -0.127. The molecule has 1 aromatic carbocycles. The van der Waals surface area contributed by atoms with Crippen LogP contribution in [0.4, 0.5) is 5.82 Å². The van der Waals surface area contributed by atoms with Gasteiger partial charge in [-0.05, 0) is 19.1 Å². The van der Waals surface area contributed by atoms with Crippen LogP contribution in [0.5, 0.6) is 0 Å². The van der Waals surface area contributed by atoms with Gasteiger partial charge in [0.1, 0.15) is 0 Å². The molecule has 1 saturated heterocycles. The number of carbonyl (C=O) groups is 2. The first-order chi connectivity index (χ1) is 10.6. The van der Waals surface area contributed by atoms with Gasteiger partial charge in [0.25, 0.3) is 0 Å². The maximum Gasteiger partial charge on any atom is 0.229 e. The number of nitrogens with zero attached hydrogens (tertiary/aromatic N) is 2. The van der Waals surface area contributed by atoms with E-state index in [2.05, 4.69) is 15.5 Å². The van der Waals surface area contributed by atoms with Crippen molar-refractivity contribution in [2.45, 2.75) is 19.4 Å². The number of amides is 2. The SMILES string of the molecule is C[C@@H](CO)NC(=O)C1CC(=O)N(c2n[nH]c3ccccc23)C1. The lowest BCUT2D eigenvalue weighted by Gasteiger charge is -2.16. The average Bonchev–Trinajstić information content (AvgIpc) is 3.10. The highest BCUT2D eigenvalue weighted by molar-refractivity contribution is 6.05. The van der Waals surface area contributed by atoms with Crippen LogP contribution in [0.1, 0.15) is 13.3 Å². The summed E-state index contributed by atoms with van der Waals surface area (Å²) in [4.78, 5) is 25.9. The predicted molar refractivity (Wildman–Crippen MR) is 81.2 cm³/mol. The van der Waals surface area contributed by atoms with Crippen LogP contribution in [0.3, 0.4) is 0 Å². The Morgan fingerprint density at radius 1 is 1.55 bits per heavy atom. The number of aromatic nitrogens is 2. The third-order valence-corrected chi connectivity index (χ3v) is 3.86. The predicted octanol–water partition coefficient (Wildman–Crippen LogP) is 0.413. The molecule has 116 valence electrons. The van der Waals surface area contributed by atoms with E-state index in [0.717, 1.165) is 10.9 Å². The second kappa shape index (κ2) is 5.76. The first kappa shape index (κ1) is 14.5. The van der Waals surface area contributed by atoms with Crippen molar-refractivity contribution in [1.29, 1.82) is 0 Å². The zero-order valence-corrected chi connectivity index (χ0v) is 12.2. The number of rotatable bonds is 4. The summed E-state index contributed by atoms with van der Waals surface area (Å²) in [5, 5.41) is 19.7. The van der Waals surface area contributed by atoms with E-state index in [1.807, 2.05) is 24.3 Å². The first-order valence-electron chi connectivity index (χ1n) is 7.25. The average molecular weight is 302 g/mol. The molecule has 3 N–H and O–H groups in total. The van der Waals surface area contributed by atoms with Crippen LogP contribution >= 0.6 is 0 Å². The van der Waals surface area contributed by atoms with Crippen molar-refractivity contribution >= 4 is 28.5 Å². The largest absolute Gasteiger partial charge is 0.394 e. The van der Waals surface area contributed by atoms with Crippen molar-refractivity contribution in [3.63, 3.8) is 0 Å². The highest BCUT2D eigenvalue weighted by atomic mass is 16.3. The number of carbonyl (C=O) groups excluding carboxylic acids is 2. The lowest BCUT2D eigenvalue weighted by atomic mass is 10.1. The smallest absolute Gasteiger partial charge is 0.229 e. The van der Waals surface area contributed by atoms with Crippen molar-refractivity contribution in [3.8, 4) is 0 Å². The number of fused-ring (bicyclic) bond motifs is 1. The number of nitrogens with one attached hydrogen (secondary N) is 2. The molecule has 0 aliphatic carbocycles. The van der Waals surface area contributed by atoms with E-state index in [0.29, 0.717) is 12.4 Å². The molecule has 2 aromatic rings. The number of para-hydroxylation sites is 1. The number of aliphatic hydroxyl groups excluding tert-OH is 1. The molecule has 1 aliphatic rings. The van der Waals surface area contributed by atoms with E-state index in [9.17, 15) is 9.59 Å². The summed E-state index contributed by atoms with van der Waals surface area (Å²) in [5.41, 5.74) is 0.854. The number of H-pyrrole nitrogens is 1. The van der Waals surface area contributed by atoms with Crippen molar-refractivity contribution in [1.82, 2.24) is 15.5 Å². The maximum atomic E-state index is 12.2. The third-order valence-electron chi connectivity index (χ3n) is 3.86. The van der Waals surface area contributed by atoms with Gasteiger partial charge in [0.2, 0.25) is 11.8 Å². The van der Waals surface area contributed by atoms with Gasteiger partial charge in [-0.2, -0.15) is 5.10 Å². The van der Waals surface area contributed by atoms with E-state index < -0.39 is 5.92 Å². The maximum absolute atomic E-state index is 12.2. The molecular formula is C15H18N4O3. The Balaban J connectivity index is 1.79. The molecule has 0 radical (unpaired) electrons. The van der Waals surface area contributed by atoms with Gasteiger partial charge in [0, 0.05) is 24.4 Å². The van der Waals surface area contributed by atoms with Crippen LogP contribution in [0, 0.1) is 5.92 Å². The summed E-state index contributed by atoms with van der Waals surface area (Å²) in [7, 11) is 0. The van der Waals surface area contributed by atoms with E-state index in [-0.39, 0.29) is 30.9 Å².